The van der Waals surface area contributed by atoms with Crippen molar-refractivity contribution in [2.24, 2.45) is 0 Å². The van der Waals surface area contributed by atoms with Crippen LogP contribution < -0.4 is 0 Å². The molecule has 0 spiro atoms. The summed E-state index contributed by atoms with van der Waals surface area (Å²) in [5.41, 5.74) is 0. The first-order valence-electron chi connectivity index (χ1n) is 4.06. The maximum Gasteiger partial charge on any atom is 0.251 e. The van der Waals surface area contributed by atoms with Crippen molar-refractivity contribution < 1.29 is 9.90 Å². The monoisotopic (exact) mass is 199 g/mol. The minimum absolute atomic E-state index is 0.242. The third-order valence-corrected chi connectivity index (χ3v) is 2.57. The Bertz CT molecular complexity index is 269. The molecule has 0 fully saturated rings. The number of hydrogen-bond donors (Lipinski definition) is 1. The van der Waals surface area contributed by atoms with Crippen molar-refractivity contribution in [2.45, 2.75) is 19.6 Å². The number of carbonyl (C=O) groups excluding carboxylic acids is 1. The van der Waals surface area contributed by atoms with Gasteiger partial charge in [-0.3, -0.25) is 4.79 Å². The Kier molecular flexibility index (Phi) is 3.45. The van der Waals surface area contributed by atoms with E-state index in [1.807, 2.05) is 17.5 Å². The topological polar surface area (TPSA) is 40.5 Å². The van der Waals surface area contributed by atoms with Gasteiger partial charge in [-0.15, -0.1) is 11.3 Å². The van der Waals surface area contributed by atoms with Crippen LogP contribution in [0.5, 0.6) is 0 Å². The second kappa shape index (κ2) is 4.39. The van der Waals surface area contributed by atoms with Crippen molar-refractivity contribution in [3.63, 3.8) is 0 Å². The Balaban J connectivity index is 2.51. The van der Waals surface area contributed by atoms with Gasteiger partial charge in [0.2, 0.25) is 0 Å². The second-order valence-corrected chi connectivity index (χ2v) is 3.98. The van der Waals surface area contributed by atoms with Gasteiger partial charge in [0.1, 0.15) is 6.10 Å². The molecule has 0 aromatic carbocycles. The zero-order valence-electron chi connectivity index (χ0n) is 7.73. The van der Waals surface area contributed by atoms with E-state index in [2.05, 4.69) is 0 Å². The molecule has 0 aliphatic rings. The van der Waals surface area contributed by atoms with Crippen molar-refractivity contribution in [1.29, 1.82) is 0 Å². The fraction of sp³-hybridized carbons (Fsp3) is 0.444. The van der Waals surface area contributed by atoms with Crippen molar-refractivity contribution in [3.05, 3.63) is 22.4 Å². The predicted molar refractivity (Wildman–Crippen MR) is 52.5 cm³/mol. The van der Waals surface area contributed by atoms with E-state index in [0.29, 0.717) is 6.54 Å². The molecule has 0 saturated heterocycles. The molecule has 0 aliphatic heterocycles. The molecule has 1 rings (SSSR count). The summed E-state index contributed by atoms with van der Waals surface area (Å²) in [4.78, 5) is 13.9. The van der Waals surface area contributed by atoms with E-state index in [4.69, 9.17) is 5.11 Å². The van der Waals surface area contributed by atoms with Crippen molar-refractivity contribution >= 4 is 17.2 Å². The van der Waals surface area contributed by atoms with Gasteiger partial charge in [-0.05, 0) is 18.4 Å². The quantitative estimate of drug-likeness (QED) is 0.791. The number of carbonyl (C=O) groups is 1. The van der Waals surface area contributed by atoms with Gasteiger partial charge in [0, 0.05) is 11.9 Å². The van der Waals surface area contributed by atoms with Crippen LogP contribution in [-0.4, -0.2) is 29.1 Å². The minimum atomic E-state index is -0.912. The highest BCUT2D eigenvalue weighted by Crippen LogP contribution is 2.11. The maximum atomic E-state index is 11.2. The molecule has 0 saturated carbocycles. The molecule has 0 radical (unpaired) electrons. The summed E-state index contributed by atoms with van der Waals surface area (Å²) in [6.07, 6.45) is -0.912. The van der Waals surface area contributed by atoms with Gasteiger partial charge in [-0.25, -0.2) is 0 Å². The largest absolute Gasteiger partial charge is 0.384 e. The Labute approximate surface area is 81.6 Å². The standard InChI is InChI=1S/C9H13NO2S/c1-7(11)9(12)10(2)6-8-4-3-5-13-8/h3-5,7,11H,6H2,1-2H3. The molecule has 1 atom stereocenters. The van der Waals surface area contributed by atoms with E-state index in [1.165, 1.54) is 11.8 Å². The average Bonchev–Trinajstić information content (AvgIpc) is 2.55. The van der Waals surface area contributed by atoms with E-state index in [1.54, 1.807) is 18.4 Å². The minimum Gasteiger partial charge on any atom is -0.384 e. The van der Waals surface area contributed by atoms with Gasteiger partial charge < -0.3 is 10.0 Å². The molecule has 72 valence electrons. The molecule has 1 amide bonds. The first-order chi connectivity index (χ1) is 6.11. The Morgan fingerprint density at radius 2 is 2.46 bits per heavy atom. The summed E-state index contributed by atoms with van der Waals surface area (Å²) in [6.45, 7) is 2.05. The van der Waals surface area contributed by atoms with Crippen LogP contribution in [0.25, 0.3) is 0 Å². The van der Waals surface area contributed by atoms with Crippen LogP contribution in [0.4, 0.5) is 0 Å². The summed E-state index contributed by atoms with van der Waals surface area (Å²) >= 11 is 1.60. The average molecular weight is 199 g/mol. The highest BCUT2D eigenvalue weighted by atomic mass is 32.1. The molecule has 1 N–H and O–H groups in total. The third-order valence-electron chi connectivity index (χ3n) is 1.71. The van der Waals surface area contributed by atoms with E-state index >= 15 is 0 Å². The Hall–Kier alpha value is -0.870. The van der Waals surface area contributed by atoms with E-state index < -0.39 is 6.10 Å². The zero-order chi connectivity index (χ0) is 9.84. The molecule has 1 aromatic heterocycles. The van der Waals surface area contributed by atoms with Crippen LogP contribution in [0.3, 0.4) is 0 Å². The SMILES string of the molecule is CC(O)C(=O)N(C)Cc1cccs1. The molecule has 1 aromatic rings. The highest BCUT2D eigenvalue weighted by molar-refractivity contribution is 7.09. The summed E-state index contributed by atoms with van der Waals surface area (Å²) in [5.74, 6) is -0.242. The number of rotatable bonds is 3. The summed E-state index contributed by atoms with van der Waals surface area (Å²) in [6, 6.07) is 3.91. The van der Waals surface area contributed by atoms with E-state index in [-0.39, 0.29) is 5.91 Å². The number of nitrogens with zero attached hydrogens (tertiary/aromatic N) is 1. The van der Waals surface area contributed by atoms with Gasteiger partial charge in [0.15, 0.2) is 0 Å². The van der Waals surface area contributed by atoms with E-state index in [0.717, 1.165) is 4.88 Å². The summed E-state index contributed by atoms with van der Waals surface area (Å²) in [7, 11) is 1.69. The number of likely N-dealkylation sites (N-methyl/N-ethyl adjacent to an activating group) is 1. The van der Waals surface area contributed by atoms with Crippen LogP contribution in [-0.2, 0) is 11.3 Å². The van der Waals surface area contributed by atoms with Crippen molar-refractivity contribution in [2.75, 3.05) is 7.05 Å². The molecular formula is C9H13NO2S. The Morgan fingerprint density at radius 3 is 2.92 bits per heavy atom. The summed E-state index contributed by atoms with van der Waals surface area (Å²) < 4.78 is 0. The maximum absolute atomic E-state index is 11.2. The molecule has 0 bridgehead atoms. The third kappa shape index (κ3) is 2.82. The van der Waals surface area contributed by atoms with Gasteiger partial charge in [0.05, 0.1) is 6.54 Å². The molecule has 3 nitrogen and oxygen atoms in total. The molecule has 0 aliphatic carbocycles. The first-order valence-corrected chi connectivity index (χ1v) is 4.94. The fourth-order valence-electron chi connectivity index (χ4n) is 1.03. The van der Waals surface area contributed by atoms with Crippen molar-refractivity contribution in [3.8, 4) is 0 Å². The second-order valence-electron chi connectivity index (χ2n) is 2.95. The van der Waals surface area contributed by atoms with Crippen LogP contribution in [0, 0.1) is 0 Å². The van der Waals surface area contributed by atoms with Gasteiger partial charge in [-0.2, -0.15) is 0 Å². The number of thiophene rings is 1. The molecule has 13 heavy (non-hydrogen) atoms. The lowest BCUT2D eigenvalue weighted by atomic mass is 10.3. The number of hydrogen-bond acceptors (Lipinski definition) is 3. The van der Waals surface area contributed by atoms with Crippen LogP contribution in [0.15, 0.2) is 17.5 Å². The van der Waals surface area contributed by atoms with Crippen LogP contribution >= 0.6 is 11.3 Å². The smallest absolute Gasteiger partial charge is 0.251 e. The summed E-state index contributed by atoms with van der Waals surface area (Å²) in [5, 5.41) is 11.0. The van der Waals surface area contributed by atoms with Crippen LogP contribution in [0.1, 0.15) is 11.8 Å². The van der Waals surface area contributed by atoms with E-state index in [9.17, 15) is 4.79 Å². The zero-order valence-corrected chi connectivity index (χ0v) is 8.54. The number of amides is 1. The highest BCUT2D eigenvalue weighted by Gasteiger charge is 2.14. The van der Waals surface area contributed by atoms with Gasteiger partial charge >= 0.3 is 0 Å². The molecular weight excluding hydrogens is 186 g/mol. The van der Waals surface area contributed by atoms with Gasteiger partial charge in [-0.1, -0.05) is 6.07 Å². The van der Waals surface area contributed by atoms with Crippen LogP contribution in [0.2, 0.25) is 0 Å². The lowest BCUT2D eigenvalue weighted by molar-refractivity contribution is -0.138. The van der Waals surface area contributed by atoms with Gasteiger partial charge in [0.25, 0.3) is 5.91 Å². The fourth-order valence-corrected chi connectivity index (χ4v) is 1.79. The lowest BCUT2D eigenvalue weighted by Crippen LogP contribution is -2.33. The normalized spacial score (nSPS) is 12.5. The molecule has 4 heteroatoms. The predicted octanol–water partition coefficient (Wildman–Crippen LogP) is 1.09. The number of aliphatic hydroxyl groups excluding tert-OH is 1. The number of aliphatic hydroxyl groups is 1. The van der Waals surface area contributed by atoms with Crippen molar-refractivity contribution in [1.82, 2.24) is 4.90 Å². The molecule has 1 unspecified atom stereocenters. The Morgan fingerprint density at radius 1 is 1.77 bits per heavy atom. The lowest BCUT2D eigenvalue weighted by Gasteiger charge is -2.17. The first kappa shape index (κ1) is 10.2. The molecule has 1 heterocycles.